The number of carboxylic acids is 1. The van der Waals surface area contributed by atoms with E-state index < -0.39 is 5.97 Å². The summed E-state index contributed by atoms with van der Waals surface area (Å²) in [7, 11) is 0. The van der Waals surface area contributed by atoms with Crippen molar-refractivity contribution in [3.05, 3.63) is 53.1 Å². The Morgan fingerprint density at radius 1 is 1.10 bits per heavy atom. The Kier molecular flexibility index (Phi) is 2.79. The summed E-state index contributed by atoms with van der Waals surface area (Å²) in [6, 6.07) is 11.2. The van der Waals surface area contributed by atoms with Crippen molar-refractivity contribution >= 4 is 17.0 Å². The van der Waals surface area contributed by atoms with Gasteiger partial charge in [0.15, 0.2) is 0 Å². The summed E-state index contributed by atoms with van der Waals surface area (Å²) in [5.74, 6) is -0.251. The fraction of sp³-hybridized carbons (Fsp3) is 0.125. The Balaban J connectivity index is 2.29. The van der Waals surface area contributed by atoms with Crippen LogP contribution in [0.1, 0.15) is 21.5 Å². The number of carbonyl (C=O) groups is 1. The number of carboxylic acid groups (broad SMARTS) is 1. The summed E-state index contributed by atoms with van der Waals surface area (Å²) in [6.45, 7) is 4.04. The van der Waals surface area contributed by atoms with E-state index in [0.717, 1.165) is 22.2 Å². The first-order chi connectivity index (χ1) is 9.58. The topological polar surface area (TPSA) is 66.0 Å². The van der Waals surface area contributed by atoms with Crippen LogP contribution in [0.5, 0.6) is 0 Å². The van der Waals surface area contributed by atoms with Gasteiger partial charge in [0.2, 0.25) is 0 Å². The van der Waals surface area contributed by atoms with E-state index in [1.54, 1.807) is 12.1 Å². The molecular weight excluding hydrogens is 252 g/mol. The van der Waals surface area contributed by atoms with Crippen molar-refractivity contribution in [2.24, 2.45) is 0 Å². The lowest BCUT2D eigenvalue weighted by Gasteiger charge is -2.05. The first-order valence-electron chi connectivity index (χ1n) is 6.36. The predicted molar refractivity (Wildman–Crippen MR) is 78.0 cm³/mol. The molecule has 0 radical (unpaired) electrons. The maximum Gasteiger partial charge on any atom is 0.337 e. The standard InChI is InChI=1S/C16H14N2O2/c1-9-5-3-6-10(2)13(9)15-17-12-8-4-7-11(16(19)20)14(12)18-15/h3-8H,1-2H3,(H,17,18)(H,19,20). The Bertz CT molecular complexity index is 798. The molecule has 100 valence electrons. The van der Waals surface area contributed by atoms with Crippen LogP contribution in [-0.4, -0.2) is 21.0 Å². The minimum absolute atomic E-state index is 0.219. The Morgan fingerprint density at radius 2 is 1.75 bits per heavy atom. The van der Waals surface area contributed by atoms with Gasteiger partial charge in [0.05, 0.1) is 11.1 Å². The number of aromatic nitrogens is 2. The number of hydrogen-bond donors (Lipinski definition) is 2. The molecule has 0 saturated heterocycles. The van der Waals surface area contributed by atoms with Gasteiger partial charge in [0.25, 0.3) is 0 Å². The lowest BCUT2D eigenvalue weighted by molar-refractivity contribution is 0.0699. The number of benzene rings is 2. The molecule has 0 amide bonds. The quantitative estimate of drug-likeness (QED) is 0.745. The largest absolute Gasteiger partial charge is 0.478 e. The van der Waals surface area contributed by atoms with Gasteiger partial charge in [0, 0.05) is 5.56 Å². The third kappa shape index (κ3) is 1.86. The minimum Gasteiger partial charge on any atom is -0.478 e. The van der Waals surface area contributed by atoms with Crippen molar-refractivity contribution in [2.45, 2.75) is 13.8 Å². The zero-order chi connectivity index (χ0) is 14.3. The number of fused-ring (bicyclic) bond motifs is 1. The molecule has 1 heterocycles. The summed E-state index contributed by atoms with van der Waals surface area (Å²) in [6.07, 6.45) is 0. The SMILES string of the molecule is Cc1cccc(C)c1-c1nc2c(C(=O)O)cccc2[nH]1. The Hall–Kier alpha value is -2.62. The molecule has 0 fully saturated rings. The highest BCUT2D eigenvalue weighted by atomic mass is 16.4. The van der Waals surface area contributed by atoms with E-state index in [1.165, 1.54) is 0 Å². The predicted octanol–water partition coefficient (Wildman–Crippen LogP) is 3.54. The van der Waals surface area contributed by atoms with Crippen LogP contribution in [0.15, 0.2) is 36.4 Å². The van der Waals surface area contributed by atoms with E-state index in [0.29, 0.717) is 11.3 Å². The number of nitrogens with zero attached hydrogens (tertiary/aromatic N) is 1. The molecule has 0 aliphatic rings. The third-order valence-corrected chi connectivity index (χ3v) is 3.46. The van der Waals surface area contributed by atoms with Gasteiger partial charge in [-0.05, 0) is 37.1 Å². The van der Waals surface area contributed by atoms with Crippen molar-refractivity contribution < 1.29 is 9.90 Å². The molecule has 4 nitrogen and oxygen atoms in total. The maximum absolute atomic E-state index is 11.2. The lowest BCUT2D eigenvalue weighted by atomic mass is 10.0. The third-order valence-electron chi connectivity index (χ3n) is 3.46. The van der Waals surface area contributed by atoms with Gasteiger partial charge in [-0.15, -0.1) is 0 Å². The molecule has 0 aliphatic heterocycles. The van der Waals surface area contributed by atoms with Crippen molar-refractivity contribution in [2.75, 3.05) is 0 Å². The molecular formula is C16H14N2O2. The molecule has 0 spiro atoms. The van der Waals surface area contributed by atoms with Crippen LogP contribution in [-0.2, 0) is 0 Å². The van der Waals surface area contributed by atoms with Gasteiger partial charge < -0.3 is 10.1 Å². The van der Waals surface area contributed by atoms with Gasteiger partial charge in [-0.2, -0.15) is 0 Å². The van der Waals surface area contributed by atoms with Gasteiger partial charge >= 0.3 is 5.97 Å². The smallest absolute Gasteiger partial charge is 0.337 e. The highest BCUT2D eigenvalue weighted by molar-refractivity contribution is 6.01. The maximum atomic E-state index is 11.2. The summed E-state index contributed by atoms with van der Waals surface area (Å²) in [5, 5.41) is 9.22. The van der Waals surface area contributed by atoms with E-state index in [1.807, 2.05) is 38.1 Å². The molecule has 20 heavy (non-hydrogen) atoms. The first kappa shape index (κ1) is 12.4. The zero-order valence-electron chi connectivity index (χ0n) is 11.3. The Labute approximate surface area is 116 Å². The van der Waals surface area contributed by atoms with Crippen LogP contribution < -0.4 is 0 Å². The normalized spacial score (nSPS) is 10.9. The number of aromatic amines is 1. The van der Waals surface area contributed by atoms with Crippen LogP contribution in [0.4, 0.5) is 0 Å². The molecule has 0 bridgehead atoms. The van der Waals surface area contributed by atoms with Crippen molar-refractivity contribution in [1.29, 1.82) is 0 Å². The van der Waals surface area contributed by atoms with Crippen LogP contribution in [0.3, 0.4) is 0 Å². The summed E-state index contributed by atoms with van der Waals surface area (Å²) in [4.78, 5) is 18.9. The van der Waals surface area contributed by atoms with Crippen molar-refractivity contribution in [3.63, 3.8) is 0 Å². The van der Waals surface area contributed by atoms with E-state index in [4.69, 9.17) is 0 Å². The molecule has 0 saturated carbocycles. The monoisotopic (exact) mass is 266 g/mol. The molecule has 1 aromatic heterocycles. The number of H-pyrrole nitrogens is 1. The number of para-hydroxylation sites is 1. The average molecular weight is 266 g/mol. The molecule has 4 heteroatoms. The number of imidazole rings is 1. The second-order valence-electron chi connectivity index (χ2n) is 4.86. The van der Waals surface area contributed by atoms with Gasteiger partial charge in [-0.25, -0.2) is 9.78 Å². The average Bonchev–Trinajstić information content (AvgIpc) is 2.81. The van der Waals surface area contributed by atoms with Crippen LogP contribution in [0, 0.1) is 13.8 Å². The van der Waals surface area contributed by atoms with E-state index in [2.05, 4.69) is 9.97 Å². The first-order valence-corrected chi connectivity index (χ1v) is 6.36. The van der Waals surface area contributed by atoms with Gasteiger partial charge in [0.1, 0.15) is 11.3 Å². The number of rotatable bonds is 2. The summed E-state index contributed by atoms with van der Waals surface area (Å²) < 4.78 is 0. The Morgan fingerprint density at radius 3 is 2.40 bits per heavy atom. The highest BCUT2D eigenvalue weighted by Gasteiger charge is 2.15. The number of nitrogens with one attached hydrogen (secondary N) is 1. The van der Waals surface area contributed by atoms with E-state index in [-0.39, 0.29) is 5.56 Å². The van der Waals surface area contributed by atoms with Crippen molar-refractivity contribution in [1.82, 2.24) is 9.97 Å². The van der Waals surface area contributed by atoms with Gasteiger partial charge in [-0.1, -0.05) is 24.3 Å². The fourth-order valence-corrected chi connectivity index (χ4v) is 2.51. The van der Waals surface area contributed by atoms with E-state index >= 15 is 0 Å². The molecule has 0 atom stereocenters. The van der Waals surface area contributed by atoms with E-state index in [9.17, 15) is 9.90 Å². The molecule has 0 unspecified atom stereocenters. The molecule has 3 rings (SSSR count). The fourth-order valence-electron chi connectivity index (χ4n) is 2.51. The van der Waals surface area contributed by atoms with Crippen LogP contribution >= 0.6 is 0 Å². The lowest BCUT2D eigenvalue weighted by Crippen LogP contribution is -1.96. The molecule has 0 aliphatic carbocycles. The molecule has 3 aromatic rings. The summed E-state index contributed by atoms with van der Waals surface area (Å²) in [5.41, 5.74) is 4.71. The van der Waals surface area contributed by atoms with Crippen molar-refractivity contribution in [3.8, 4) is 11.4 Å². The number of hydrogen-bond acceptors (Lipinski definition) is 2. The molecule has 2 aromatic carbocycles. The number of aromatic carboxylic acids is 1. The van der Waals surface area contributed by atoms with Gasteiger partial charge in [-0.3, -0.25) is 0 Å². The van der Waals surface area contributed by atoms with Crippen LogP contribution in [0.2, 0.25) is 0 Å². The highest BCUT2D eigenvalue weighted by Crippen LogP contribution is 2.27. The second kappa shape index (κ2) is 4.49. The zero-order valence-corrected chi connectivity index (χ0v) is 11.3. The second-order valence-corrected chi connectivity index (χ2v) is 4.86. The number of aryl methyl sites for hydroxylation is 2. The molecule has 2 N–H and O–H groups in total. The van der Waals surface area contributed by atoms with Crippen LogP contribution in [0.25, 0.3) is 22.4 Å². The summed E-state index contributed by atoms with van der Waals surface area (Å²) >= 11 is 0. The minimum atomic E-state index is -0.963.